The number of amides is 1. The van der Waals surface area contributed by atoms with E-state index in [4.69, 9.17) is 16.3 Å². The van der Waals surface area contributed by atoms with E-state index < -0.39 is 10.0 Å². The van der Waals surface area contributed by atoms with Crippen molar-refractivity contribution in [3.63, 3.8) is 0 Å². The van der Waals surface area contributed by atoms with Crippen LogP contribution in [-0.4, -0.2) is 56.8 Å². The summed E-state index contributed by atoms with van der Waals surface area (Å²) in [5, 5.41) is 0.402. The van der Waals surface area contributed by atoms with Gasteiger partial charge in [-0.3, -0.25) is 4.79 Å². The van der Waals surface area contributed by atoms with Crippen molar-refractivity contribution >= 4 is 27.5 Å². The highest BCUT2D eigenvalue weighted by Gasteiger charge is 2.32. The Bertz CT molecular complexity index is 895. The number of hydrogen-bond donors (Lipinski definition) is 0. The number of rotatable bonds is 4. The third kappa shape index (κ3) is 3.70. The molecule has 1 aliphatic heterocycles. The number of ether oxygens (including phenoxy) is 1. The van der Waals surface area contributed by atoms with Gasteiger partial charge in [-0.1, -0.05) is 29.8 Å². The molecule has 3 rings (SSSR count). The Morgan fingerprint density at radius 1 is 1.04 bits per heavy atom. The smallest absolute Gasteiger partial charge is 0.253 e. The highest BCUT2D eigenvalue weighted by molar-refractivity contribution is 7.89. The van der Waals surface area contributed by atoms with E-state index in [1.807, 2.05) is 6.07 Å². The van der Waals surface area contributed by atoms with Crippen LogP contribution in [0, 0.1) is 0 Å². The Balaban J connectivity index is 1.74. The molecule has 26 heavy (non-hydrogen) atoms. The van der Waals surface area contributed by atoms with Gasteiger partial charge >= 0.3 is 0 Å². The molecule has 0 bridgehead atoms. The number of carbonyl (C=O) groups is 1. The van der Waals surface area contributed by atoms with E-state index >= 15 is 0 Å². The molecule has 0 radical (unpaired) electrons. The maximum Gasteiger partial charge on any atom is 0.253 e. The van der Waals surface area contributed by atoms with Gasteiger partial charge in [0.1, 0.15) is 10.6 Å². The molecular weight excluding hydrogens is 376 g/mol. The third-order valence-corrected chi connectivity index (χ3v) is 6.46. The number of methoxy groups -OCH3 is 1. The lowest BCUT2D eigenvalue weighted by Gasteiger charge is -2.34. The Kier molecular flexibility index (Phi) is 5.50. The molecule has 8 heteroatoms. The Labute approximate surface area is 158 Å². The SMILES string of the molecule is COc1cc(Cl)ccc1S(=O)(=O)N1CCN(C(=O)c2ccccc2)CC1. The number of piperazine rings is 1. The molecule has 1 heterocycles. The van der Waals surface area contributed by atoms with Crippen molar-refractivity contribution in [1.29, 1.82) is 0 Å². The van der Waals surface area contributed by atoms with Crippen molar-refractivity contribution in [3.05, 3.63) is 59.1 Å². The molecule has 1 amide bonds. The molecule has 0 spiro atoms. The molecule has 0 saturated carbocycles. The summed E-state index contributed by atoms with van der Waals surface area (Å²) in [4.78, 5) is 14.2. The van der Waals surface area contributed by atoms with Gasteiger partial charge in [0.25, 0.3) is 5.91 Å². The second kappa shape index (κ2) is 7.65. The van der Waals surface area contributed by atoms with Crippen LogP contribution in [0.5, 0.6) is 5.75 Å². The maximum absolute atomic E-state index is 12.9. The summed E-state index contributed by atoms with van der Waals surface area (Å²) in [5.74, 6) is 0.118. The van der Waals surface area contributed by atoms with Crippen molar-refractivity contribution < 1.29 is 17.9 Å². The summed E-state index contributed by atoms with van der Waals surface area (Å²) in [7, 11) is -2.32. The van der Waals surface area contributed by atoms with Crippen LogP contribution in [0.2, 0.25) is 5.02 Å². The molecule has 138 valence electrons. The zero-order chi connectivity index (χ0) is 18.7. The van der Waals surface area contributed by atoms with Crippen molar-refractivity contribution in [1.82, 2.24) is 9.21 Å². The van der Waals surface area contributed by atoms with Crippen molar-refractivity contribution in [2.75, 3.05) is 33.3 Å². The Morgan fingerprint density at radius 2 is 1.69 bits per heavy atom. The quantitative estimate of drug-likeness (QED) is 0.799. The molecule has 1 fully saturated rings. The van der Waals surface area contributed by atoms with Gasteiger partial charge in [0.2, 0.25) is 10.0 Å². The first kappa shape index (κ1) is 18.7. The lowest BCUT2D eigenvalue weighted by Crippen LogP contribution is -2.50. The van der Waals surface area contributed by atoms with Crippen molar-refractivity contribution in [2.24, 2.45) is 0 Å². The lowest BCUT2D eigenvalue weighted by molar-refractivity contribution is 0.0698. The van der Waals surface area contributed by atoms with Crippen LogP contribution in [0.3, 0.4) is 0 Å². The van der Waals surface area contributed by atoms with Gasteiger partial charge in [-0.05, 0) is 24.3 Å². The first-order valence-corrected chi connectivity index (χ1v) is 9.93. The molecule has 6 nitrogen and oxygen atoms in total. The molecule has 0 unspecified atom stereocenters. The fourth-order valence-corrected chi connectivity index (χ4v) is 4.61. The van der Waals surface area contributed by atoms with Crippen LogP contribution in [0.25, 0.3) is 0 Å². The van der Waals surface area contributed by atoms with Crippen LogP contribution in [0.1, 0.15) is 10.4 Å². The van der Waals surface area contributed by atoms with E-state index in [0.29, 0.717) is 23.7 Å². The maximum atomic E-state index is 12.9. The van der Waals surface area contributed by atoms with Crippen LogP contribution in [-0.2, 0) is 10.0 Å². The molecule has 1 saturated heterocycles. The number of nitrogens with zero attached hydrogens (tertiary/aromatic N) is 2. The van der Waals surface area contributed by atoms with E-state index in [-0.39, 0.29) is 29.6 Å². The van der Waals surface area contributed by atoms with Gasteiger partial charge in [0, 0.05) is 42.8 Å². The van der Waals surface area contributed by atoms with Gasteiger partial charge < -0.3 is 9.64 Å². The predicted octanol–water partition coefficient (Wildman–Crippen LogP) is 2.50. The van der Waals surface area contributed by atoms with Gasteiger partial charge in [0.15, 0.2) is 0 Å². The minimum absolute atomic E-state index is 0.0761. The van der Waals surface area contributed by atoms with Gasteiger partial charge in [-0.2, -0.15) is 4.31 Å². The van der Waals surface area contributed by atoms with Gasteiger partial charge in [-0.25, -0.2) is 8.42 Å². The molecule has 0 aliphatic carbocycles. The van der Waals surface area contributed by atoms with Crippen LogP contribution >= 0.6 is 11.6 Å². The number of halogens is 1. The second-order valence-electron chi connectivity index (χ2n) is 5.86. The summed E-state index contributed by atoms with van der Waals surface area (Å²) in [6.07, 6.45) is 0. The molecular formula is C18H19ClN2O4S. The molecule has 2 aromatic rings. The normalized spacial score (nSPS) is 15.7. The first-order chi connectivity index (χ1) is 12.4. The fourth-order valence-electron chi connectivity index (χ4n) is 2.89. The third-order valence-electron chi connectivity index (χ3n) is 4.29. The highest BCUT2D eigenvalue weighted by Crippen LogP contribution is 2.30. The topological polar surface area (TPSA) is 66.9 Å². The summed E-state index contributed by atoms with van der Waals surface area (Å²) < 4.78 is 32.4. The average Bonchev–Trinajstić information content (AvgIpc) is 2.68. The number of hydrogen-bond acceptors (Lipinski definition) is 4. The van der Waals surface area contributed by atoms with Crippen molar-refractivity contribution in [2.45, 2.75) is 4.90 Å². The van der Waals surface area contributed by atoms with Gasteiger partial charge in [-0.15, -0.1) is 0 Å². The molecule has 2 aromatic carbocycles. The molecule has 1 aliphatic rings. The van der Waals surface area contributed by atoms with E-state index in [1.54, 1.807) is 29.2 Å². The van der Waals surface area contributed by atoms with Gasteiger partial charge in [0.05, 0.1) is 7.11 Å². The number of carbonyl (C=O) groups excluding carboxylic acids is 1. The van der Waals surface area contributed by atoms with Crippen molar-refractivity contribution in [3.8, 4) is 5.75 Å². The zero-order valence-corrected chi connectivity index (χ0v) is 15.8. The zero-order valence-electron chi connectivity index (χ0n) is 14.3. The lowest BCUT2D eigenvalue weighted by atomic mass is 10.2. The van der Waals surface area contributed by atoms with E-state index in [2.05, 4.69) is 0 Å². The summed E-state index contributed by atoms with van der Waals surface area (Å²) >= 11 is 5.91. The summed E-state index contributed by atoms with van der Waals surface area (Å²) in [6.45, 7) is 1.13. The monoisotopic (exact) mass is 394 g/mol. The highest BCUT2D eigenvalue weighted by atomic mass is 35.5. The van der Waals surface area contributed by atoms with Crippen LogP contribution in [0.15, 0.2) is 53.4 Å². The van der Waals surface area contributed by atoms with E-state index in [0.717, 1.165) is 0 Å². The number of sulfonamides is 1. The largest absolute Gasteiger partial charge is 0.495 e. The first-order valence-electron chi connectivity index (χ1n) is 8.11. The minimum Gasteiger partial charge on any atom is -0.495 e. The predicted molar refractivity (Wildman–Crippen MR) is 99.1 cm³/mol. The number of benzene rings is 2. The average molecular weight is 395 g/mol. The van der Waals surface area contributed by atoms with Crippen LogP contribution < -0.4 is 4.74 Å². The van der Waals surface area contributed by atoms with E-state index in [1.165, 1.54) is 29.6 Å². The van der Waals surface area contributed by atoms with E-state index in [9.17, 15) is 13.2 Å². The molecule has 0 aromatic heterocycles. The van der Waals surface area contributed by atoms with Crippen LogP contribution in [0.4, 0.5) is 0 Å². The second-order valence-corrected chi connectivity index (χ2v) is 8.20. The summed E-state index contributed by atoms with van der Waals surface area (Å²) in [6, 6.07) is 13.4. The molecule has 0 atom stereocenters. The Hall–Kier alpha value is -2.09. The summed E-state index contributed by atoms with van der Waals surface area (Å²) in [5.41, 5.74) is 0.600. The Morgan fingerprint density at radius 3 is 2.31 bits per heavy atom. The fraction of sp³-hybridized carbons (Fsp3) is 0.278. The minimum atomic E-state index is -3.72. The molecule has 0 N–H and O–H groups in total. The standard InChI is InChI=1S/C18H19ClN2O4S/c1-25-16-13-15(19)7-8-17(16)26(23,24)21-11-9-20(10-12-21)18(22)14-5-3-2-4-6-14/h2-8,13H,9-12H2,1H3.